The molecular weight excluding hydrogens is 318 g/mol. The second-order valence-corrected chi connectivity index (χ2v) is 6.84. The highest BCUT2D eigenvalue weighted by molar-refractivity contribution is 5.90. The minimum Gasteiger partial charge on any atom is -0.463 e. The number of carbonyl (C=O) groups is 1. The predicted molar refractivity (Wildman–Crippen MR) is 96.4 cm³/mol. The van der Waals surface area contributed by atoms with Gasteiger partial charge in [-0.1, -0.05) is 18.2 Å². The average molecular weight is 345 g/mol. The van der Waals surface area contributed by atoms with Gasteiger partial charge in [0.2, 0.25) is 5.91 Å². The molecule has 0 bridgehead atoms. The fourth-order valence-corrected chi connectivity index (χ4v) is 3.84. The maximum Gasteiger partial charge on any atom is 0.243 e. The molecule has 3 heterocycles. The number of furan rings is 1. The Labute approximate surface area is 148 Å². The smallest absolute Gasteiger partial charge is 0.243 e. The van der Waals surface area contributed by atoms with E-state index in [0.717, 1.165) is 25.1 Å². The molecule has 3 rings (SSSR count). The van der Waals surface area contributed by atoms with Gasteiger partial charge in [0.15, 0.2) is 12.0 Å². The van der Waals surface area contributed by atoms with Crippen molar-refractivity contribution in [2.24, 2.45) is 5.16 Å². The normalized spacial score (nSPS) is 28.4. The fourth-order valence-electron chi connectivity index (χ4n) is 3.84. The van der Waals surface area contributed by atoms with Gasteiger partial charge in [-0.2, -0.15) is 0 Å². The van der Waals surface area contributed by atoms with Gasteiger partial charge in [-0.3, -0.25) is 9.69 Å². The zero-order valence-electron chi connectivity index (χ0n) is 15.2. The molecule has 3 atom stereocenters. The number of hydrogen-bond donors (Lipinski definition) is 1. The Bertz CT molecular complexity index is 661. The molecule has 25 heavy (non-hydrogen) atoms. The maximum absolute atomic E-state index is 11.6. The largest absolute Gasteiger partial charge is 0.463 e. The summed E-state index contributed by atoms with van der Waals surface area (Å²) < 4.78 is 5.64. The standard InChI is InChI=1S/C19H27N3O3/c1-4-19(9-7-18(23)21-14(19)2)16-8-12-24-17(16)13-20-25-15(3)22-10-5-6-11-22/h7-9,12-15H,4-6,10-11H2,1-3H3,(H,21,23)/b20-13+. The number of nitrogens with one attached hydrogen (secondary N) is 1. The number of oxime groups is 1. The molecule has 1 aromatic heterocycles. The molecule has 0 radical (unpaired) electrons. The van der Waals surface area contributed by atoms with Gasteiger partial charge in [-0.05, 0) is 45.3 Å². The van der Waals surface area contributed by atoms with Crippen LogP contribution in [-0.4, -0.2) is 42.4 Å². The Hall–Kier alpha value is -2.08. The van der Waals surface area contributed by atoms with Crippen molar-refractivity contribution in [2.75, 3.05) is 13.1 Å². The van der Waals surface area contributed by atoms with E-state index < -0.39 is 0 Å². The molecule has 0 aromatic carbocycles. The fraction of sp³-hybridized carbons (Fsp3) is 0.579. The van der Waals surface area contributed by atoms with Crippen molar-refractivity contribution in [1.29, 1.82) is 0 Å². The van der Waals surface area contributed by atoms with Crippen LogP contribution in [0.1, 0.15) is 51.4 Å². The molecule has 6 heteroatoms. The van der Waals surface area contributed by atoms with E-state index in [4.69, 9.17) is 9.25 Å². The minimum absolute atomic E-state index is 0.0239. The number of rotatable bonds is 6. The highest BCUT2D eigenvalue weighted by Gasteiger charge is 2.39. The first kappa shape index (κ1) is 17.7. The quantitative estimate of drug-likeness (QED) is 0.636. The molecule has 1 saturated heterocycles. The van der Waals surface area contributed by atoms with Crippen LogP contribution >= 0.6 is 0 Å². The summed E-state index contributed by atoms with van der Waals surface area (Å²) in [5.74, 6) is 0.612. The third-order valence-electron chi connectivity index (χ3n) is 5.48. The molecule has 1 amide bonds. The third-order valence-corrected chi connectivity index (χ3v) is 5.48. The number of hydrogen-bond acceptors (Lipinski definition) is 5. The summed E-state index contributed by atoms with van der Waals surface area (Å²) >= 11 is 0. The molecule has 2 aliphatic heterocycles. The second kappa shape index (κ2) is 7.44. The Kier molecular flexibility index (Phi) is 5.27. The summed E-state index contributed by atoms with van der Waals surface area (Å²) in [6.07, 6.45) is 10.1. The molecule has 3 unspecified atom stereocenters. The lowest BCUT2D eigenvalue weighted by Gasteiger charge is -2.38. The molecule has 0 spiro atoms. The van der Waals surface area contributed by atoms with Crippen LogP contribution < -0.4 is 5.32 Å². The van der Waals surface area contributed by atoms with E-state index in [0.29, 0.717) is 5.76 Å². The van der Waals surface area contributed by atoms with Crippen molar-refractivity contribution in [3.8, 4) is 0 Å². The van der Waals surface area contributed by atoms with Crippen molar-refractivity contribution >= 4 is 12.1 Å². The Morgan fingerprint density at radius 3 is 2.96 bits per heavy atom. The first-order valence-corrected chi connectivity index (χ1v) is 9.08. The SMILES string of the molecule is CCC1(c2ccoc2/C=N/OC(C)N2CCCC2)C=CC(=O)NC1C. The van der Waals surface area contributed by atoms with Gasteiger partial charge in [0.05, 0.1) is 6.26 Å². The summed E-state index contributed by atoms with van der Waals surface area (Å²) in [6, 6.07) is 1.93. The summed E-state index contributed by atoms with van der Waals surface area (Å²) in [5.41, 5.74) is 0.711. The molecule has 6 nitrogen and oxygen atoms in total. The van der Waals surface area contributed by atoms with Crippen molar-refractivity contribution in [1.82, 2.24) is 10.2 Å². The van der Waals surface area contributed by atoms with Crippen LogP contribution in [0, 0.1) is 0 Å². The van der Waals surface area contributed by atoms with E-state index in [1.807, 2.05) is 26.0 Å². The van der Waals surface area contributed by atoms with Crippen LogP contribution in [0.3, 0.4) is 0 Å². The van der Waals surface area contributed by atoms with E-state index in [1.54, 1.807) is 18.6 Å². The zero-order chi connectivity index (χ0) is 17.9. The topological polar surface area (TPSA) is 67.1 Å². The van der Waals surface area contributed by atoms with Crippen LogP contribution in [-0.2, 0) is 15.0 Å². The van der Waals surface area contributed by atoms with Crippen LogP contribution in [0.5, 0.6) is 0 Å². The van der Waals surface area contributed by atoms with Gasteiger partial charge < -0.3 is 14.6 Å². The van der Waals surface area contributed by atoms with Gasteiger partial charge in [0.1, 0.15) is 6.21 Å². The van der Waals surface area contributed by atoms with E-state index >= 15 is 0 Å². The van der Waals surface area contributed by atoms with Crippen molar-refractivity contribution < 1.29 is 14.0 Å². The molecule has 0 aliphatic carbocycles. The van der Waals surface area contributed by atoms with Crippen LogP contribution in [0.2, 0.25) is 0 Å². The van der Waals surface area contributed by atoms with Crippen molar-refractivity contribution in [2.45, 2.75) is 57.7 Å². The third kappa shape index (κ3) is 3.49. The van der Waals surface area contributed by atoms with E-state index in [9.17, 15) is 4.79 Å². The highest BCUT2D eigenvalue weighted by Crippen LogP contribution is 2.37. The highest BCUT2D eigenvalue weighted by atomic mass is 16.6. The van der Waals surface area contributed by atoms with E-state index in [2.05, 4.69) is 22.3 Å². The summed E-state index contributed by atoms with van der Waals surface area (Å²) in [7, 11) is 0. The lowest BCUT2D eigenvalue weighted by atomic mass is 9.71. The molecule has 136 valence electrons. The van der Waals surface area contributed by atoms with Gasteiger partial charge in [-0.15, -0.1) is 0 Å². The van der Waals surface area contributed by atoms with Crippen LogP contribution in [0.15, 0.2) is 34.1 Å². The Morgan fingerprint density at radius 1 is 1.52 bits per heavy atom. The number of amides is 1. The summed E-state index contributed by atoms with van der Waals surface area (Å²) in [6.45, 7) is 8.26. The molecular formula is C19H27N3O3. The van der Waals surface area contributed by atoms with E-state index in [-0.39, 0.29) is 23.6 Å². The van der Waals surface area contributed by atoms with Crippen LogP contribution in [0.25, 0.3) is 0 Å². The molecule has 1 N–H and O–H groups in total. The Morgan fingerprint density at radius 2 is 2.28 bits per heavy atom. The minimum atomic E-state index is -0.303. The van der Waals surface area contributed by atoms with Crippen molar-refractivity contribution in [3.63, 3.8) is 0 Å². The van der Waals surface area contributed by atoms with Gasteiger partial charge >= 0.3 is 0 Å². The molecule has 0 saturated carbocycles. The molecule has 2 aliphatic rings. The average Bonchev–Trinajstić information content (AvgIpc) is 3.27. The monoisotopic (exact) mass is 345 g/mol. The molecule has 1 fully saturated rings. The van der Waals surface area contributed by atoms with Gasteiger partial charge in [-0.25, -0.2) is 0 Å². The first-order valence-electron chi connectivity index (χ1n) is 9.08. The summed E-state index contributed by atoms with van der Waals surface area (Å²) in [5, 5.41) is 7.15. The van der Waals surface area contributed by atoms with Crippen molar-refractivity contribution in [3.05, 3.63) is 35.8 Å². The van der Waals surface area contributed by atoms with Gasteiger partial charge in [0, 0.05) is 30.1 Å². The second-order valence-electron chi connectivity index (χ2n) is 6.84. The maximum atomic E-state index is 11.6. The number of carbonyl (C=O) groups excluding carboxylic acids is 1. The lowest BCUT2D eigenvalue weighted by molar-refractivity contribution is -0.118. The predicted octanol–water partition coefficient (Wildman–Crippen LogP) is 2.79. The number of nitrogens with zero attached hydrogens (tertiary/aromatic N) is 2. The van der Waals surface area contributed by atoms with E-state index in [1.165, 1.54) is 12.8 Å². The van der Waals surface area contributed by atoms with Crippen LogP contribution in [0.4, 0.5) is 0 Å². The summed E-state index contributed by atoms with van der Waals surface area (Å²) in [4.78, 5) is 19.5. The lowest BCUT2D eigenvalue weighted by Crippen LogP contribution is -2.50. The molecule has 1 aromatic rings. The van der Waals surface area contributed by atoms with Gasteiger partial charge in [0.25, 0.3) is 0 Å². The first-order chi connectivity index (χ1) is 12.1. The zero-order valence-corrected chi connectivity index (χ0v) is 15.2. The Balaban J connectivity index is 1.76. The number of likely N-dealkylation sites (tertiary alicyclic amines) is 1.